The number of ether oxygens (including phenoxy) is 1. The molecule has 0 spiro atoms. The van der Waals surface area contributed by atoms with E-state index in [-0.39, 0.29) is 12.1 Å². The zero-order chi connectivity index (χ0) is 28.1. The summed E-state index contributed by atoms with van der Waals surface area (Å²) in [5.41, 5.74) is 1.72. The Bertz CT molecular complexity index is 1100. The molecule has 0 unspecified atom stereocenters. The highest BCUT2D eigenvalue weighted by Crippen LogP contribution is 2.24. The fourth-order valence-electron chi connectivity index (χ4n) is 4.76. The van der Waals surface area contributed by atoms with E-state index in [4.69, 9.17) is 4.74 Å². The fraction of sp³-hybridized carbons (Fsp3) is 0.567. The first-order valence-corrected chi connectivity index (χ1v) is 16.3. The molecule has 39 heavy (non-hydrogen) atoms. The van der Waals surface area contributed by atoms with Gasteiger partial charge in [-0.3, -0.25) is 9.62 Å². The number of carbonyl (C=O) groups is 1. The second-order valence-electron chi connectivity index (χ2n) is 10.5. The molecule has 0 atom stereocenters. The molecule has 0 aliphatic carbocycles. The minimum absolute atomic E-state index is 0.107. The van der Waals surface area contributed by atoms with Crippen molar-refractivity contribution in [2.75, 3.05) is 37.2 Å². The van der Waals surface area contributed by atoms with E-state index in [1.54, 1.807) is 24.3 Å². The number of carbonyl (C=O) groups excluding carboxylic acids is 1. The number of likely N-dealkylation sites (tertiary alicyclic amines) is 1. The van der Waals surface area contributed by atoms with Crippen molar-refractivity contribution < 1.29 is 17.9 Å². The topological polar surface area (TPSA) is 91.0 Å². The van der Waals surface area contributed by atoms with Crippen LogP contribution in [0.1, 0.15) is 70.8 Å². The lowest BCUT2D eigenvalue weighted by Gasteiger charge is -2.34. The number of rotatable bonds is 15. The van der Waals surface area contributed by atoms with Crippen molar-refractivity contribution in [2.24, 2.45) is 0 Å². The van der Waals surface area contributed by atoms with Crippen LogP contribution in [0, 0.1) is 0 Å². The molecule has 1 saturated heterocycles. The summed E-state index contributed by atoms with van der Waals surface area (Å²) in [5, 5.41) is 3.31. The molecule has 1 fully saturated rings. The molecule has 0 saturated carbocycles. The minimum Gasteiger partial charge on any atom is -0.457 e. The van der Waals surface area contributed by atoms with Gasteiger partial charge in [-0.25, -0.2) is 13.2 Å². The number of piperidine rings is 1. The lowest BCUT2D eigenvalue weighted by Crippen LogP contribution is -2.49. The van der Waals surface area contributed by atoms with Gasteiger partial charge in [0, 0.05) is 44.5 Å². The number of nitrogens with zero attached hydrogens (tertiary/aromatic N) is 2. The number of benzene rings is 2. The van der Waals surface area contributed by atoms with Crippen LogP contribution in [-0.4, -0.2) is 62.7 Å². The fourth-order valence-corrected chi connectivity index (χ4v) is 5.32. The summed E-state index contributed by atoms with van der Waals surface area (Å²) in [6, 6.07) is 15.2. The standard InChI is InChI=1S/C30H46N4O4S/c1-4-6-8-9-21-34(20-7-5-2)30(35)31-26-18-22-33(23-19-26)24-25-10-14-28(15-11-25)38-29-16-12-27(13-17-29)32-39(3,36)37/h10-17,26,32H,4-9,18-24H2,1-3H3,(H,31,35). The van der Waals surface area contributed by atoms with Crippen LogP contribution in [-0.2, 0) is 16.6 Å². The highest BCUT2D eigenvalue weighted by molar-refractivity contribution is 7.92. The van der Waals surface area contributed by atoms with Gasteiger partial charge in [0.1, 0.15) is 11.5 Å². The number of hydrogen-bond donors (Lipinski definition) is 2. The summed E-state index contributed by atoms with van der Waals surface area (Å²) in [7, 11) is -3.30. The van der Waals surface area contributed by atoms with Gasteiger partial charge in [0.15, 0.2) is 0 Å². The van der Waals surface area contributed by atoms with Crippen molar-refractivity contribution in [3.05, 3.63) is 54.1 Å². The molecule has 2 aromatic carbocycles. The van der Waals surface area contributed by atoms with Crippen LogP contribution in [0.4, 0.5) is 10.5 Å². The maximum absolute atomic E-state index is 13.0. The Morgan fingerprint density at radius 1 is 0.897 bits per heavy atom. The van der Waals surface area contributed by atoms with E-state index in [1.807, 2.05) is 17.0 Å². The van der Waals surface area contributed by atoms with E-state index < -0.39 is 10.0 Å². The Kier molecular flexibility index (Phi) is 12.4. The van der Waals surface area contributed by atoms with Crippen LogP contribution in [0.25, 0.3) is 0 Å². The van der Waals surface area contributed by atoms with Gasteiger partial charge in [0.25, 0.3) is 0 Å². The normalized spacial score (nSPS) is 14.6. The monoisotopic (exact) mass is 558 g/mol. The average Bonchev–Trinajstić information content (AvgIpc) is 2.91. The predicted molar refractivity (Wildman–Crippen MR) is 159 cm³/mol. The van der Waals surface area contributed by atoms with E-state index in [1.165, 1.54) is 24.8 Å². The maximum atomic E-state index is 13.0. The van der Waals surface area contributed by atoms with Gasteiger partial charge < -0.3 is 15.0 Å². The third-order valence-corrected chi connectivity index (χ3v) is 7.59. The van der Waals surface area contributed by atoms with E-state index in [0.717, 1.165) is 76.8 Å². The summed E-state index contributed by atoms with van der Waals surface area (Å²) in [4.78, 5) is 17.4. The van der Waals surface area contributed by atoms with Crippen LogP contribution in [0.3, 0.4) is 0 Å². The van der Waals surface area contributed by atoms with Crippen LogP contribution < -0.4 is 14.8 Å². The smallest absolute Gasteiger partial charge is 0.317 e. The van der Waals surface area contributed by atoms with Gasteiger partial charge >= 0.3 is 6.03 Å². The summed E-state index contributed by atoms with van der Waals surface area (Å²) >= 11 is 0. The maximum Gasteiger partial charge on any atom is 0.317 e. The zero-order valence-electron chi connectivity index (χ0n) is 23.8. The molecule has 0 bridgehead atoms. The van der Waals surface area contributed by atoms with Crippen molar-refractivity contribution in [1.29, 1.82) is 0 Å². The Balaban J connectivity index is 1.41. The van der Waals surface area contributed by atoms with Crippen molar-refractivity contribution in [3.8, 4) is 11.5 Å². The molecule has 2 amide bonds. The second-order valence-corrected chi connectivity index (χ2v) is 12.3. The van der Waals surface area contributed by atoms with Gasteiger partial charge in [-0.1, -0.05) is 51.7 Å². The van der Waals surface area contributed by atoms with Crippen LogP contribution in [0.2, 0.25) is 0 Å². The molecular weight excluding hydrogens is 512 g/mol. The molecule has 8 nitrogen and oxygen atoms in total. The van der Waals surface area contributed by atoms with Gasteiger partial charge in [-0.05, 0) is 67.6 Å². The van der Waals surface area contributed by atoms with Crippen LogP contribution >= 0.6 is 0 Å². The largest absolute Gasteiger partial charge is 0.457 e. The average molecular weight is 559 g/mol. The Labute approximate surface area is 235 Å². The molecule has 1 heterocycles. The summed E-state index contributed by atoms with van der Waals surface area (Å²) in [5.74, 6) is 1.37. The number of urea groups is 1. The van der Waals surface area contributed by atoms with Crippen LogP contribution in [0.5, 0.6) is 11.5 Å². The molecule has 1 aliphatic heterocycles. The SMILES string of the molecule is CCCCCCN(CCCC)C(=O)NC1CCN(Cc2ccc(Oc3ccc(NS(C)(=O)=O)cc3)cc2)CC1. The Morgan fingerprint density at radius 2 is 1.49 bits per heavy atom. The first-order chi connectivity index (χ1) is 18.8. The summed E-state index contributed by atoms with van der Waals surface area (Å²) in [6.07, 6.45) is 9.93. The lowest BCUT2D eigenvalue weighted by molar-refractivity contribution is 0.167. The van der Waals surface area contributed by atoms with E-state index in [2.05, 4.69) is 40.9 Å². The van der Waals surface area contributed by atoms with Crippen molar-refractivity contribution >= 4 is 21.7 Å². The quantitative estimate of drug-likeness (QED) is 0.254. The molecule has 216 valence electrons. The number of amides is 2. The number of nitrogens with one attached hydrogen (secondary N) is 2. The number of anilines is 1. The first-order valence-electron chi connectivity index (χ1n) is 14.4. The van der Waals surface area contributed by atoms with E-state index in [9.17, 15) is 13.2 Å². The molecule has 0 radical (unpaired) electrons. The molecular formula is C30H46N4O4S. The molecule has 9 heteroatoms. The van der Waals surface area contributed by atoms with Gasteiger partial charge in [-0.15, -0.1) is 0 Å². The number of sulfonamides is 1. The van der Waals surface area contributed by atoms with Crippen LogP contribution in [0.15, 0.2) is 48.5 Å². The molecule has 3 rings (SSSR count). The van der Waals surface area contributed by atoms with Crippen molar-refractivity contribution in [3.63, 3.8) is 0 Å². The predicted octanol–water partition coefficient (Wildman–Crippen LogP) is 6.21. The second kappa shape index (κ2) is 15.7. The minimum atomic E-state index is -3.30. The summed E-state index contributed by atoms with van der Waals surface area (Å²) < 4.78 is 31.0. The zero-order valence-corrected chi connectivity index (χ0v) is 24.6. The van der Waals surface area contributed by atoms with Gasteiger partial charge in [0.2, 0.25) is 10.0 Å². The van der Waals surface area contributed by atoms with Gasteiger partial charge in [0.05, 0.1) is 6.26 Å². The molecule has 0 aromatic heterocycles. The Morgan fingerprint density at radius 3 is 2.08 bits per heavy atom. The number of unbranched alkanes of at least 4 members (excludes halogenated alkanes) is 4. The molecule has 2 N–H and O–H groups in total. The van der Waals surface area contributed by atoms with E-state index in [0.29, 0.717) is 11.4 Å². The van der Waals surface area contributed by atoms with Gasteiger partial charge in [-0.2, -0.15) is 0 Å². The van der Waals surface area contributed by atoms with E-state index >= 15 is 0 Å². The number of hydrogen-bond acceptors (Lipinski definition) is 5. The lowest BCUT2D eigenvalue weighted by atomic mass is 10.0. The van der Waals surface area contributed by atoms with Crippen molar-refractivity contribution in [2.45, 2.75) is 77.8 Å². The molecule has 2 aromatic rings. The Hall–Kier alpha value is -2.78. The third kappa shape index (κ3) is 11.5. The first kappa shape index (κ1) is 30.8. The third-order valence-electron chi connectivity index (χ3n) is 6.99. The highest BCUT2D eigenvalue weighted by Gasteiger charge is 2.23. The molecule has 1 aliphatic rings. The highest BCUT2D eigenvalue weighted by atomic mass is 32.2. The van der Waals surface area contributed by atoms with Crippen molar-refractivity contribution in [1.82, 2.24) is 15.1 Å². The summed E-state index contributed by atoms with van der Waals surface area (Å²) in [6.45, 7) is 8.88.